The van der Waals surface area contributed by atoms with Crippen LogP contribution in [-0.4, -0.2) is 17.2 Å². The zero-order valence-corrected chi connectivity index (χ0v) is 15.4. The minimum Gasteiger partial charge on any atom is -0.325 e. The van der Waals surface area contributed by atoms with E-state index in [2.05, 4.69) is 11.9 Å². The normalized spacial score (nSPS) is 12.7. The van der Waals surface area contributed by atoms with Gasteiger partial charge < -0.3 is 5.73 Å². The predicted molar refractivity (Wildman–Crippen MR) is 97.5 cm³/mol. The second-order valence-corrected chi connectivity index (χ2v) is 7.17. The molecule has 0 aliphatic carbocycles. The Morgan fingerprint density at radius 1 is 0.909 bits per heavy atom. The lowest BCUT2D eigenvalue weighted by molar-refractivity contribution is -0.117. The molecule has 0 bridgehead atoms. The number of amides is 1. The molecule has 0 atom stereocenters. The van der Waals surface area contributed by atoms with Crippen molar-refractivity contribution in [3.8, 4) is 0 Å². The van der Waals surface area contributed by atoms with E-state index in [1.54, 1.807) is 0 Å². The van der Waals surface area contributed by atoms with E-state index >= 15 is 0 Å². The zero-order chi connectivity index (χ0) is 16.8. The Labute approximate surface area is 138 Å². The van der Waals surface area contributed by atoms with Gasteiger partial charge in [0.15, 0.2) is 0 Å². The largest absolute Gasteiger partial charge is 0.325 e. The first kappa shape index (κ1) is 21.3. The number of nitrogens with zero attached hydrogens (tertiary/aromatic N) is 1. The summed E-state index contributed by atoms with van der Waals surface area (Å²) in [4.78, 5) is 16.1. The fraction of sp³-hybridized carbons (Fsp3) is 0.895. The van der Waals surface area contributed by atoms with Gasteiger partial charge in [-0.05, 0) is 26.7 Å². The van der Waals surface area contributed by atoms with Gasteiger partial charge in [0.1, 0.15) is 0 Å². The van der Waals surface area contributed by atoms with Gasteiger partial charge in [0.05, 0.1) is 0 Å². The molecule has 22 heavy (non-hydrogen) atoms. The maximum Gasteiger partial charge on any atom is 0.245 e. The summed E-state index contributed by atoms with van der Waals surface area (Å²) in [6.07, 6.45) is 13.5. The highest BCUT2D eigenvalue weighted by atomic mass is 16.1. The van der Waals surface area contributed by atoms with Crippen LogP contribution >= 0.6 is 0 Å². The smallest absolute Gasteiger partial charge is 0.245 e. The van der Waals surface area contributed by atoms with Gasteiger partial charge in [-0.3, -0.25) is 4.79 Å². The van der Waals surface area contributed by atoms with E-state index in [9.17, 15) is 4.79 Å². The van der Waals surface area contributed by atoms with Crippen molar-refractivity contribution in [2.45, 2.75) is 110 Å². The quantitative estimate of drug-likeness (QED) is 0.365. The standard InChI is InChI=1S/C19H38N2O/c1-5-7-8-9-10-11-12-13-14-15-18(22)21-17(6-2)16-19(3,4)20/h5-16,20H2,1-4H3. The van der Waals surface area contributed by atoms with Gasteiger partial charge in [0, 0.05) is 24.1 Å². The molecule has 0 aromatic heterocycles. The van der Waals surface area contributed by atoms with Crippen molar-refractivity contribution in [3.05, 3.63) is 0 Å². The number of carbonyl (C=O) groups is 1. The van der Waals surface area contributed by atoms with Gasteiger partial charge in [-0.1, -0.05) is 65.2 Å². The lowest BCUT2D eigenvalue weighted by atomic mass is 9.97. The Bertz CT molecular complexity index is 316. The molecular formula is C19H38N2O. The molecule has 0 aromatic carbocycles. The summed E-state index contributed by atoms with van der Waals surface area (Å²) in [6.45, 7) is 8.24. The molecule has 0 unspecified atom stereocenters. The number of unbranched alkanes of at least 4 members (excludes halogenated alkanes) is 8. The molecule has 0 heterocycles. The van der Waals surface area contributed by atoms with Crippen LogP contribution in [0.5, 0.6) is 0 Å². The van der Waals surface area contributed by atoms with Crippen molar-refractivity contribution in [3.63, 3.8) is 0 Å². The van der Waals surface area contributed by atoms with Crippen LogP contribution in [0.4, 0.5) is 0 Å². The molecule has 3 nitrogen and oxygen atoms in total. The van der Waals surface area contributed by atoms with E-state index in [0.717, 1.165) is 25.0 Å². The number of carbonyl (C=O) groups excluding carboxylic acids is 1. The molecule has 1 amide bonds. The first-order valence-corrected chi connectivity index (χ1v) is 9.27. The lowest BCUT2D eigenvalue weighted by Gasteiger charge is -2.18. The zero-order valence-electron chi connectivity index (χ0n) is 15.4. The molecule has 0 rings (SSSR count). The Morgan fingerprint density at radius 3 is 1.86 bits per heavy atom. The third kappa shape index (κ3) is 14.2. The molecule has 3 heteroatoms. The average molecular weight is 311 g/mol. The summed E-state index contributed by atoms with van der Waals surface area (Å²) in [5, 5.41) is 0. The maximum atomic E-state index is 11.9. The minimum absolute atomic E-state index is 0.0315. The van der Waals surface area contributed by atoms with E-state index in [4.69, 9.17) is 5.73 Å². The van der Waals surface area contributed by atoms with Crippen molar-refractivity contribution in [1.29, 1.82) is 0 Å². The van der Waals surface area contributed by atoms with Crippen LogP contribution in [0, 0.1) is 0 Å². The summed E-state index contributed by atoms with van der Waals surface area (Å²) in [5.74, 6) is 0.0315. The molecular weight excluding hydrogens is 272 g/mol. The van der Waals surface area contributed by atoms with Crippen LogP contribution in [-0.2, 0) is 4.79 Å². The number of rotatable bonds is 13. The highest BCUT2D eigenvalue weighted by molar-refractivity contribution is 5.96. The monoisotopic (exact) mass is 310 g/mol. The number of hydrogen-bond donors (Lipinski definition) is 1. The fourth-order valence-corrected chi connectivity index (χ4v) is 2.59. The highest BCUT2D eigenvalue weighted by Gasteiger charge is 2.14. The first-order chi connectivity index (χ1) is 10.4. The van der Waals surface area contributed by atoms with E-state index in [-0.39, 0.29) is 11.4 Å². The van der Waals surface area contributed by atoms with Crippen molar-refractivity contribution in [1.82, 2.24) is 0 Å². The van der Waals surface area contributed by atoms with Crippen LogP contribution in [0.25, 0.3) is 0 Å². The summed E-state index contributed by atoms with van der Waals surface area (Å²) in [6, 6.07) is 0. The predicted octanol–water partition coefficient (Wildman–Crippen LogP) is 5.41. The number of hydrogen-bond acceptors (Lipinski definition) is 2. The summed E-state index contributed by atoms with van der Waals surface area (Å²) in [7, 11) is 0. The lowest BCUT2D eigenvalue weighted by Crippen LogP contribution is -2.34. The van der Waals surface area contributed by atoms with Gasteiger partial charge in [0.2, 0.25) is 5.91 Å². The Balaban J connectivity index is 3.71. The van der Waals surface area contributed by atoms with E-state index in [1.807, 2.05) is 20.8 Å². The van der Waals surface area contributed by atoms with Crippen molar-refractivity contribution in [2.24, 2.45) is 10.7 Å². The second-order valence-electron chi connectivity index (χ2n) is 7.17. The minimum atomic E-state index is -0.285. The van der Waals surface area contributed by atoms with Crippen LogP contribution in [0.2, 0.25) is 0 Å². The van der Waals surface area contributed by atoms with Gasteiger partial charge >= 0.3 is 0 Å². The maximum absolute atomic E-state index is 11.9. The Hall–Kier alpha value is -0.700. The van der Waals surface area contributed by atoms with Crippen molar-refractivity contribution < 1.29 is 4.79 Å². The number of nitrogens with two attached hydrogens (primary N) is 1. The SMILES string of the molecule is CCCCCCCCCCCC(=O)N=C(CC)CC(C)(C)N. The molecule has 130 valence electrons. The van der Waals surface area contributed by atoms with E-state index in [1.165, 1.54) is 44.9 Å². The molecule has 0 spiro atoms. The molecule has 2 N–H and O–H groups in total. The van der Waals surface area contributed by atoms with Gasteiger partial charge in [-0.2, -0.15) is 0 Å². The molecule has 0 aromatic rings. The molecule has 0 aliphatic rings. The third-order valence-corrected chi connectivity index (χ3v) is 3.84. The van der Waals surface area contributed by atoms with Gasteiger partial charge in [-0.15, -0.1) is 0 Å². The molecule has 0 aliphatic heterocycles. The van der Waals surface area contributed by atoms with E-state index in [0.29, 0.717) is 12.8 Å². The summed E-state index contributed by atoms with van der Waals surface area (Å²) < 4.78 is 0. The molecule has 0 saturated carbocycles. The Kier molecular flexibility index (Phi) is 12.4. The molecule has 0 saturated heterocycles. The van der Waals surface area contributed by atoms with Crippen molar-refractivity contribution >= 4 is 11.6 Å². The van der Waals surface area contributed by atoms with Crippen molar-refractivity contribution in [2.75, 3.05) is 0 Å². The topological polar surface area (TPSA) is 55.5 Å². The average Bonchev–Trinajstić information content (AvgIpc) is 2.43. The fourth-order valence-electron chi connectivity index (χ4n) is 2.59. The Morgan fingerprint density at radius 2 is 1.41 bits per heavy atom. The number of aliphatic imine (C=N–C) groups is 1. The van der Waals surface area contributed by atoms with Gasteiger partial charge in [0.25, 0.3) is 0 Å². The third-order valence-electron chi connectivity index (χ3n) is 3.84. The van der Waals surface area contributed by atoms with Crippen LogP contribution in [0.3, 0.4) is 0 Å². The van der Waals surface area contributed by atoms with E-state index < -0.39 is 0 Å². The highest BCUT2D eigenvalue weighted by Crippen LogP contribution is 2.12. The van der Waals surface area contributed by atoms with Crippen LogP contribution < -0.4 is 5.73 Å². The van der Waals surface area contributed by atoms with Crippen LogP contribution in [0.1, 0.15) is 105 Å². The first-order valence-electron chi connectivity index (χ1n) is 9.27. The second kappa shape index (κ2) is 12.8. The molecule has 0 radical (unpaired) electrons. The van der Waals surface area contributed by atoms with Gasteiger partial charge in [-0.25, -0.2) is 4.99 Å². The molecule has 0 fully saturated rings. The van der Waals surface area contributed by atoms with Crippen LogP contribution in [0.15, 0.2) is 4.99 Å². The summed E-state index contributed by atoms with van der Waals surface area (Å²) >= 11 is 0. The summed E-state index contributed by atoms with van der Waals surface area (Å²) in [5.41, 5.74) is 6.65.